The Morgan fingerprint density at radius 2 is 1.71 bits per heavy atom. The van der Waals surface area contributed by atoms with Crippen molar-refractivity contribution in [3.8, 4) is 5.75 Å². The highest BCUT2D eigenvalue weighted by molar-refractivity contribution is 9.10. The molecule has 3 nitrogen and oxygen atoms in total. The Bertz CT molecular complexity index is 681. The molecule has 110 valence electrons. The van der Waals surface area contributed by atoms with Crippen LogP contribution in [0.3, 0.4) is 0 Å². The number of ether oxygens (including phenoxy) is 1. The molecule has 0 spiro atoms. The van der Waals surface area contributed by atoms with Crippen LogP contribution >= 0.6 is 39.1 Å². The van der Waals surface area contributed by atoms with E-state index in [2.05, 4.69) is 21.2 Å². The largest absolute Gasteiger partial charge is 0.417 e. The van der Waals surface area contributed by atoms with Crippen LogP contribution in [0.5, 0.6) is 5.75 Å². The fourth-order valence-electron chi connectivity index (χ4n) is 1.79. The van der Waals surface area contributed by atoms with Crippen molar-refractivity contribution in [1.29, 1.82) is 0 Å². The van der Waals surface area contributed by atoms with Gasteiger partial charge in [-0.1, -0.05) is 39.1 Å². The molecule has 0 aliphatic heterocycles. The van der Waals surface area contributed by atoms with Crippen molar-refractivity contribution in [2.24, 2.45) is 0 Å². The lowest BCUT2D eigenvalue weighted by molar-refractivity contribution is 0.215. The van der Waals surface area contributed by atoms with Crippen LogP contribution in [0.2, 0.25) is 10.0 Å². The molecule has 0 saturated heterocycles. The third kappa shape index (κ3) is 4.13. The van der Waals surface area contributed by atoms with Gasteiger partial charge in [-0.25, -0.2) is 4.79 Å². The first kappa shape index (κ1) is 16.1. The highest BCUT2D eigenvalue weighted by atomic mass is 79.9. The smallest absolute Gasteiger partial charge is 0.410 e. The number of hydrogen-bond acceptors (Lipinski definition) is 2. The number of aryl methyl sites for hydroxylation is 2. The molecule has 1 amide bonds. The second kappa shape index (κ2) is 6.69. The molecule has 2 aromatic rings. The second-order valence-electron chi connectivity index (χ2n) is 4.51. The van der Waals surface area contributed by atoms with E-state index in [0.29, 0.717) is 21.5 Å². The maximum Gasteiger partial charge on any atom is 0.417 e. The third-order valence-electron chi connectivity index (χ3n) is 2.79. The van der Waals surface area contributed by atoms with Crippen LogP contribution in [0, 0.1) is 13.8 Å². The summed E-state index contributed by atoms with van der Waals surface area (Å²) in [6.07, 6.45) is -0.588. The standard InChI is InChI=1S/C15H12BrCl2NO2/c1-8-5-11(6-9(2)14(8)16)21-15(20)19-10-3-4-12(17)13(18)7-10/h3-7H,1-2H3,(H,19,20). The van der Waals surface area contributed by atoms with E-state index in [4.69, 9.17) is 27.9 Å². The lowest BCUT2D eigenvalue weighted by Gasteiger charge is -2.10. The molecule has 0 aromatic heterocycles. The first-order valence-corrected chi connectivity index (χ1v) is 7.62. The van der Waals surface area contributed by atoms with Crippen molar-refractivity contribution in [3.63, 3.8) is 0 Å². The Kier molecular flexibility index (Phi) is 5.14. The molecule has 0 aliphatic carbocycles. The molecule has 6 heteroatoms. The van der Waals surface area contributed by atoms with E-state index in [1.807, 2.05) is 13.8 Å². The van der Waals surface area contributed by atoms with Gasteiger partial charge >= 0.3 is 6.09 Å². The van der Waals surface area contributed by atoms with E-state index in [0.717, 1.165) is 15.6 Å². The lowest BCUT2D eigenvalue weighted by atomic mass is 10.1. The molecule has 0 bridgehead atoms. The summed E-state index contributed by atoms with van der Waals surface area (Å²) in [5, 5.41) is 3.39. The quantitative estimate of drug-likeness (QED) is 0.686. The van der Waals surface area contributed by atoms with Gasteiger partial charge in [0.1, 0.15) is 5.75 Å². The summed E-state index contributed by atoms with van der Waals surface area (Å²) in [5.41, 5.74) is 2.50. The molecule has 0 atom stereocenters. The summed E-state index contributed by atoms with van der Waals surface area (Å²) in [4.78, 5) is 11.9. The molecule has 1 N–H and O–H groups in total. The van der Waals surface area contributed by atoms with Crippen LogP contribution in [-0.2, 0) is 0 Å². The van der Waals surface area contributed by atoms with Crippen molar-refractivity contribution in [3.05, 3.63) is 56.0 Å². The molecule has 0 heterocycles. The van der Waals surface area contributed by atoms with E-state index in [1.165, 1.54) is 0 Å². The fraction of sp³-hybridized carbons (Fsp3) is 0.133. The Morgan fingerprint density at radius 1 is 1.10 bits per heavy atom. The van der Waals surface area contributed by atoms with E-state index in [9.17, 15) is 4.79 Å². The van der Waals surface area contributed by atoms with Gasteiger partial charge in [-0.2, -0.15) is 0 Å². The van der Waals surface area contributed by atoms with Gasteiger partial charge in [0.25, 0.3) is 0 Å². The maximum atomic E-state index is 11.9. The highest BCUT2D eigenvalue weighted by Crippen LogP contribution is 2.27. The first-order valence-electron chi connectivity index (χ1n) is 6.07. The van der Waals surface area contributed by atoms with E-state index in [1.54, 1.807) is 30.3 Å². The third-order valence-corrected chi connectivity index (χ3v) is 4.78. The van der Waals surface area contributed by atoms with Crippen molar-refractivity contribution >= 4 is 50.9 Å². The van der Waals surface area contributed by atoms with Crippen molar-refractivity contribution < 1.29 is 9.53 Å². The number of nitrogens with one attached hydrogen (secondary N) is 1. The van der Waals surface area contributed by atoms with Gasteiger partial charge in [0.2, 0.25) is 0 Å². The molecular formula is C15H12BrCl2NO2. The maximum absolute atomic E-state index is 11.9. The van der Waals surface area contributed by atoms with Crippen LogP contribution in [0.4, 0.5) is 10.5 Å². The summed E-state index contributed by atoms with van der Waals surface area (Å²) in [6, 6.07) is 8.38. The number of anilines is 1. The monoisotopic (exact) mass is 387 g/mol. The van der Waals surface area contributed by atoms with Gasteiger partial charge in [0.05, 0.1) is 10.0 Å². The van der Waals surface area contributed by atoms with Crippen LogP contribution in [0.25, 0.3) is 0 Å². The van der Waals surface area contributed by atoms with Crippen LogP contribution in [0.1, 0.15) is 11.1 Å². The van der Waals surface area contributed by atoms with Gasteiger partial charge in [-0.15, -0.1) is 0 Å². The normalized spacial score (nSPS) is 10.3. The zero-order valence-corrected chi connectivity index (χ0v) is 14.4. The minimum absolute atomic E-state index is 0.366. The fourth-order valence-corrected chi connectivity index (χ4v) is 2.32. The number of benzene rings is 2. The lowest BCUT2D eigenvalue weighted by Crippen LogP contribution is -2.16. The minimum Gasteiger partial charge on any atom is -0.410 e. The SMILES string of the molecule is Cc1cc(OC(=O)Nc2ccc(Cl)c(Cl)c2)cc(C)c1Br. The Labute approximate surface area is 141 Å². The van der Waals surface area contributed by atoms with E-state index in [-0.39, 0.29) is 0 Å². The molecule has 2 aromatic carbocycles. The van der Waals surface area contributed by atoms with Crippen molar-refractivity contribution in [2.45, 2.75) is 13.8 Å². The zero-order chi connectivity index (χ0) is 15.6. The van der Waals surface area contributed by atoms with Crippen molar-refractivity contribution in [2.75, 3.05) is 5.32 Å². The molecule has 0 fully saturated rings. The van der Waals surface area contributed by atoms with Gasteiger partial charge in [-0.3, -0.25) is 5.32 Å². The Balaban J connectivity index is 2.09. The Morgan fingerprint density at radius 3 is 2.29 bits per heavy atom. The number of amides is 1. The van der Waals surface area contributed by atoms with Gasteiger partial charge in [0, 0.05) is 10.2 Å². The average Bonchev–Trinajstić information content (AvgIpc) is 2.40. The summed E-state index contributed by atoms with van der Waals surface area (Å²) in [7, 11) is 0. The molecular weight excluding hydrogens is 377 g/mol. The molecule has 0 unspecified atom stereocenters. The predicted octanol–water partition coefficient (Wildman–Crippen LogP) is 5.98. The molecule has 2 rings (SSSR count). The summed E-state index contributed by atoms with van der Waals surface area (Å²) < 4.78 is 6.26. The van der Waals surface area contributed by atoms with Crippen molar-refractivity contribution in [1.82, 2.24) is 0 Å². The summed E-state index contributed by atoms with van der Waals surface area (Å²) in [5.74, 6) is 0.478. The topological polar surface area (TPSA) is 38.3 Å². The van der Waals surface area contributed by atoms with E-state index >= 15 is 0 Å². The number of halogens is 3. The van der Waals surface area contributed by atoms with Gasteiger partial charge < -0.3 is 4.74 Å². The van der Waals surface area contributed by atoms with Gasteiger partial charge in [-0.05, 0) is 55.3 Å². The minimum atomic E-state index is -0.588. The molecule has 0 aliphatic rings. The molecule has 0 radical (unpaired) electrons. The summed E-state index contributed by atoms with van der Waals surface area (Å²) in [6.45, 7) is 3.86. The average molecular weight is 389 g/mol. The predicted molar refractivity (Wildman–Crippen MR) is 89.7 cm³/mol. The number of hydrogen-bond donors (Lipinski definition) is 1. The number of carbonyl (C=O) groups excluding carboxylic acids is 1. The zero-order valence-electron chi connectivity index (χ0n) is 11.3. The highest BCUT2D eigenvalue weighted by Gasteiger charge is 2.09. The second-order valence-corrected chi connectivity index (χ2v) is 6.12. The summed E-state index contributed by atoms with van der Waals surface area (Å²) >= 11 is 15.2. The van der Waals surface area contributed by atoms with Gasteiger partial charge in [0.15, 0.2) is 0 Å². The van der Waals surface area contributed by atoms with Crippen LogP contribution in [-0.4, -0.2) is 6.09 Å². The molecule has 21 heavy (non-hydrogen) atoms. The number of rotatable bonds is 2. The van der Waals surface area contributed by atoms with E-state index < -0.39 is 6.09 Å². The number of carbonyl (C=O) groups is 1. The Hall–Kier alpha value is -1.23. The first-order chi connectivity index (χ1) is 9.86. The molecule has 0 saturated carbocycles. The van der Waals surface area contributed by atoms with Crippen LogP contribution < -0.4 is 10.1 Å². The van der Waals surface area contributed by atoms with Crippen LogP contribution in [0.15, 0.2) is 34.8 Å².